The van der Waals surface area contributed by atoms with Crippen LogP contribution in [0.25, 0.3) is 28.0 Å². The summed E-state index contributed by atoms with van der Waals surface area (Å²) in [6.07, 6.45) is 6.02. The van der Waals surface area contributed by atoms with Crippen molar-refractivity contribution in [1.29, 1.82) is 0 Å². The second-order valence-corrected chi connectivity index (χ2v) is 7.29. The van der Waals surface area contributed by atoms with Crippen LogP contribution >= 0.6 is 0 Å². The average Bonchev–Trinajstić information content (AvgIpc) is 3.03. The fourth-order valence-electron chi connectivity index (χ4n) is 3.82. The van der Waals surface area contributed by atoms with Gasteiger partial charge in [0, 0.05) is 41.7 Å². The molecular formula is C23H22N2O3. The molecule has 0 spiro atoms. The van der Waals surface area contributed by atoms with Gasteiger partial charge in [-0.25, -0.2) is 0 Å². The molecular weight excluding hydrogens is 352 g/mol. The number of hydrogen-bond acceptors (Lipinski definition) is 4. The van der Waals surface area contributed by atoms with Crippen molar-refractivity contribution in [2.24, 2.45) is 4.99 Å². The number of allylic oxidation sites excluding steroid dienone is 1. The Bertz CT molecular complexity index is 1220. The smallest absolute Gasteiger partial charge is 0.193 e. The first-order chi connectivity index (χ1) is 13.4. The van der Waals surface area contributed by atoms with Gasteiger partial charge < -0.3 is 8.98 Å². The molecule has 0 aliphatic carbocycles. The molecule has 2 aromatic heterocycles. The maximum absolute atomic E-state index is 12.4. The number of rotatable bonds is 3. The summed E-state index contributed by atoms with van der Waals surface area (Å²) in [4.78, 5) is 28.4. The third-order valence-electron chi connectivity index (χ3n) is 5.33. The van der Waals surface area contributed by atoms with Gasteiger partial charge in [-0.2, -0.15) is 0 Å². The van der Waals surface area contributed by atoms with Crippen molar-refractivity contribution in [1.82, 2.24) is 4.57 Å². The summed E-state index contributed by atoms with van der Waals surface area (Å²) in [6, 6.07) is 7.81. The van der Waals surface area contributed by atoms with Gasteiger partial charge in [0.25, 0.3) is 0 Å². The van der Waals surface area contributed by atoms with Gasteiger partial charge in [0.2, 0.25) is 0 Å². The van der Waals surface area contributed by atoms with Gasteiger partial charge in [0.05, 0.1) is 11.3 Å². The van der Waals surface area contributed by atoms with E-state index in [0.29, 0.717) is 5.76 Å². The minimum absolute atomic E-state index is 0.127. The van der Waals surface area contributed by atoms with Crippen LogP contribution in [0.1, 0.15) is 55.2 Å². The number of fused-ring (bicyclic) bond motifs is 5. The van der Waals surface area contributed by atoms with Crippen LogP contribution in [0.15, 0.2) is 50.9 Å². The standard InChI is InChI=1S/C23H22N2O3/c1-5-24-11-13(2)16-6-7-17-18-8-14(3)25-12-19(15(4)26)21(27)10-20(25)23(18)28-22(17)9-16/h5-7,9-12,14H,8H2,1-4H3/b13-11+,24-5?. The highest BCUT2D eigenvalue weighted by Gasteiger charge is 2.28. The van der Waals surface area contributed by atoms with Crippen LogP contribution in [0.3, 0.4) is 0 Å². The topological polar surface area (TPSA) is 64.6 Å². The number of hydrogen-bond donors (Lipinski definition) is 0. The summed E-state index contributed by atoms with van der Waals surface area (Å²) in [7, 11) is 0. The van der Waals surface area contributed by atoms with E-state index in [1.807, 2.05) is 30.7 Å². The largest absolute Gasteiger partial charge is 0.454 e. The number of furan rings is 1. The van der Waals surface area contributed by atoms with Gasteiger partial charge in [0.1, 0.15) is 5.58 Å². The molecule has 142 valence electrons. The van der Waals surface area contributed by atoms with Gasteiger partial charge in [-0.3, -0.25) is 14.6 Å². The molecule has 0 saturated heterocycles. The van der Waals surface area contributed by atoms with Crippen LogP contribution < -0.4 is 5.43 Å². The molecule has 28 heavy (non-hydrogen) atoms. The molecule has 3 aromatic rings. The highest BCUT2D eigenvalue weighted by molar-refractivity contribution is 5.94. The van der Waals surface area contributed by atoms with E-state index >= 15 is 0 Å². The van der Waals surface area contributed by atoms with E-state index in [1.54, 1.807) is 12.4 Å². The Balaban J connectivity index is 1.91. The summed E-state index contributed by atoms with van der Waals surface area (Å²) in [5.41, 5.74) is 4.67. The molecule has 1 atom stereocenters. The Morgan fingerprint density at radius 2 is 2.07 bits per heavy atom. The minimum atomic E-state index is -0.267. The van der Waals surface area contributed by atoms with Gasteiger partial charge >= 0.3 is 0 Å². The van der Waals surface area contributed by atoms with E-state index in [4.69, 9.17) is 4.42 Å². The molecule has 0 N–H and O–H groups in total. The first-order valence-corrected chi connectivity index (χ1v) is 9.38. The van der Waals surface area contributed by atoms with Crippen LogP contribution in [-0.4, -0.2) is 16.6 Å². The molecule has 5 nitrogen and oxygen atoms in total. The second-order valence-electron chi connectivity index (χ2n) is 7.29. The van der Waals surface area contributed by atoms with Crippen molar-refractivity contribution >= 4 is 28.5 Å². The maximum Gasteiger partial charge on any atom is 0.193 e. The van der Waals surface area contributed by atoms with Gasteiger partial charge in [0.15, 0.2) is 17.0 Å². The zero-order valence-corrected chi connectivity index (χ0v) is 16.4. The Hall–Kier alpha value is -3.21. The third-order valence-corrected chi connectivity index (χ3v) is 5.33. The Morgan fingerprint density at radius 1 is 1.29 bits per heavy atom. The van der Waals surface area contributed by atoms with Crippen LogP contribution in [0, 0.1) is 0 Å². The van der Waals surface area contributed by atoms with Crippen LogP contribution in [0.4, 0.5) is 0 Å². The quantitative estimate of drug-likeness (QED) is 0.477. The summed E-state index contributed by atoms with van der Waals surface area (Å²) >= 11 is 0. The van der Waals surface area contributed by atoms with E-state index in [2.05, 4.69) is 24.0 Å². The van der Waals surface area contributed by atoms with Crippen molar-refractivity contribution in [2.45, 2.75) is 40.2 Å². The Morgan fingerprint density at radius 3 is 2.79 bits per heavy atom. The minimum Gasteiger partial charge on any atom is -0.454 e. The highest BCUT2D eigenvalue weighted by Crippen LogP contribution is 2.41. The van der Waals surface area contributed by atoms with Crippen LogP contribution in [0.5, 0.6) is 0 Å². The van der Waals surface area contributed by atoms with E-state index in [9.17, 15) is 9.59 Å². The third kappa shape index (κ3) is 2.83. The zero-order chi connectivity index (χ0) is 20.0. The molecule has 1 aromatic carbocycles. The van der Waals surface area contributed by atoms with Crippen molar-refractivity contribution in [3.63, 3.8) is 0 Å². The number of aliphatic imine (C=N–C) groups is 1. The molecule has 1 aliphatic heterocycles. The summed E-state index contributed by atoms with van der Waals surface area (Å²) in [5.74, 6) is 0.496. The van der Waals surface area contributed by atoms with E-state index in [-0.39, 0.29) is 22.8 Å². The van der Waals surface area contributed by atoms with E-state index in [1.165, 1.54) is 13.0 Å². The lowest BCUT2D eigenvalue weighted by Gasteiger charge is -2.25. The molecule has 4 rings (SSSR count). The van der Waals surface area contributed by atoms with Crippen molar-refractivity contribution in [2.75, 3.05) is 0 Å². The number of carbonyl (C=O) groups excluding carboxylic acids is 1. The van der Waals surface area contributed by atoms with Gasteiger partial charge in [-0.15, -0.1) is 0 Å². The Kier molecular flexibility index (Phi) is 4.38. The number of pyridine rings is 1. The lowest BCUT2D eigenvalue weighted by molar-refractivity contribution is 0.101. The van der Waals surface area contributed by atoms with Crippen LogP contribution in [-0.2, 0) is 6.42 Å². The molecule has 5 heteroatoms. The molecule has 0 bridgehead atoms. The van der Waals surface area contributed by atoms with Crippen molar-refractivity contribution < 1.29 is 9.21 Å². The molecule has 3 heterocycles. The number of ketones is 1. The number of aromatic nitrogens is 1. The molecule has 0 radical (unpaired) electrons. The number of nitrogens with zero attached hydrogens (tertiary/aromatic N) is 2. The maximum atomic E-state index is 12.4. The van der Waals surface area contributed by atoms with E-state index < -0.39 is 0 Å². The van der Waals surface area contributed by atoms with Gasteiger partial charge in [-0.1, -0.05) is 12.1 Å². The summed E-state index contributed by atoms with van der Waals surface area (Å²) in [6.45, 7) is 7.40. The predicted octanol–water partition coefficient (Wildman–Crippen LogP) is 5.03. The number of benzene rings is 1. The van der Waals surface area contributed by atoms with Gasteiger partial charge in [-0.05, 0) is 51.3 Å². The summed E-state index contributed by atoms with van der Waals surface area (Å²) < 4.78 is 8.18. The molecule has 0 saturated carbocycles. The zero-order valence-electron chi connectivity index (χ0n) is 16.4. The fraction of sp³-hybridized carbons (Fsp3) is 0.261. The Labute approximate surface area is 163 Å². The molecule has 1 unspecified atom stereocenters. The monoisotopic (exact) mass is 374 g/mol. The highest BCUT2D eigenvalue weighted by atomic mass is 16.3. The lowest BCUT2D eigenvalue weighted by atomic mass is 9.95. The first kappa shape index (κ1) is 18.2. The van der Waals surface area contributed by atoms with Crippen molar-refractivity contribution in [3.05, 3.63) is 63.6 Å². The number of carbonyl (C=O) groups is 1. The summed E-state index contributed by atoms with van der Waals surface area (Å²) in [5, 5.41) is 1.06. The van der Waals surface area contributed by atoms with Crippen molar-refractivity contribution in [3.8, 4) is 11.5 Å². The SMILES string of the molecule is CC=N/C=C(\C)c1ccc2c3c(oc2c1)-c1cc(=O)c(C(C)=O)cn1C(C)C3. The normalized spacial score (nSPS) is 16.4. The van der Waals surface area contributed by atoms with Crippen LogP contribution in [0.2, 0.25) is 0 Å². The predicted molar refractivity (Wildman–Crippen MR) is 112 cm³/mol. The van der Waals surface area contributed by atoms with E-state index in [0.717, 1.165) is 39.8 Å². The fourth-order valence-corrected chi connectivity index (χ4v) is 3.82. The average molecular weight is 374 g/mol. The second kappa shape index (κ2) is 6.75. The first-order valence-electron chi connectivity index (χ1n) is 9.38. The molecule has 1 aliphatic rings. The lowest BCUT2D eigenvalue weighted by Crippen LogP contribution is -2.23. The molecule has 0 amide bonds. The molecule has 0 fully saturated rings. The number of Topliss-reactive ketones (excluding diaryl/α,β-unsaturated/α-hetero) is 1.